The van der Waals surface area contributed by atoms with Crippen LogP contribution < -0.4 is 0 Å². The Labute approximate surface area is 169 Å². The van der Waals surface area contributed by atoms with Gasteiger partial charge in [-0.3, -0.25) is 14.7 Å². The van der Waals surface area contributed by atoms with E-state index in [9.17, 15) is 5.11 Å². The Morgan fingerprint density at radius 3 is 2.57 bits per heavy atom. The smallest absolute Gasteiger partial charge is 0.0947 e. The van der Waals surface area contributed by atoms with Crippen LogP contribution in [-0.2, 0) is 11.3 Å². The molecule has 0 aliphatic carbocycles. The summed E-state index contributed by atoms with van der Waals surface area (Å²) in [6.07, 6.45) is 6.72. The van der Waals surface area contributed by atoms with Crippen LogP contribution in [0.4, 0.5) is 0 Å². The molecule has 1 unspecified atom stereocenters. The molecule has 4 rings (SSSR count). The zero-order valence-corrected chi connectivity index (χ0v) is 17.6. The van der Waals surface area contributed by atoms with Crippen LogP contribution in [0.25, 0.3) is 0 Å². The van der Waals surface area contributed by atoms with Crippen LogP contribution in [0.15, 0.2) is 23.0 Å². The lowest BCUT2D eigenvalue weighted by Gasteiger charge is -2.52. The monoisotopic (exact) mass is 391 g/mol. The Bertz CT molecular complexity index is 605. The predicted octanol–water partition coefficient (Wildman–Crippen LogP) is 2.04. The van der Waals surface area contributed by atoms with E-state index < -0.39 is 0 Å². The number of piperidine rings is 2. The fraction of sp³-hybridized carbons (Fsp3) is 0.818. The van der Waals surface area contributed by atoms with Gasteiger partial charge in [-0.2, -0.15) is 0 Å². The lowest BCUT2D eigenvalue weighted by Crippen LogP contribution is -2.60. The third-order valence-electron chi connectivity index (χ3n) is 7.08. The lowest BCUT2D eigenvalue weighted by molar-refractivity contribution is -0.0686. The molecule has 158 valence electrons. The summed E-state index contributed by atoms with van der Waals surface area (Å²) in [7, 11) is 0. The Kier molecular flexibility index (Phi) is 6.14. The highest BCUT2D eigenvalue weighted by Gasteiger charge is 2.43. The normalized spacial score (nSPS) is 28.0. The van der Waals surface area contributed by atoms with Gasteiger partial charge in [0.1, 0.15) is 0 Å². The molecular formula is C22H37N3O3. The molecule has 6 heteroatoms. The van der Waals surface area contributed by atoms with E-state index in [1.807, 2.05) is 6.26 Å². The molecule has 0 radical (unpaired) electrons. The van der Waals surface area contributed by atoms with Gasteiger partial charge in [0, 0.05) is 50.4 Å². The van der Waals surface area contributed by atoms with E-state index in [0.29, 0.717) is 0 Å². The number of aliphatic hydroxyl groups excluding tert-OH is 1. The van der Waals surface area contributed by atoms with Gasteiger partial charge >= 0.3 is 0 Å². The SMILES string of the molecule is CC(C)(CN1CC(O)CC2(CCN(Cc3ccoc3)CC2)C1)N1CCOCC1. The van der Waals surface area contributed by atoms with Gasteiger partial charge in [0.05, 0.1) is 31.8 Å². The van der Waals surface area contributed by atoms with Gasteiger partial charge in [-0.05, 0) is 57.7 Å². The number of aliphatic hydroxyl groups is 1. The van der Waals surface area contributed by atoms with Crippen molar-refractivity contribution in [1.82, 2.24) is 14.7 Å². The van der Waals surface area contributed by atoms with E-state index in [1.165, 1.54) is 18.4 Å². The van der Waals surface area contributed by atoms with Gasteiger partial charge in [-0.25, -0.2) is 0 Å². The van der Waals surface area contributed by atoms with Crippen LogP contribution >= 0.6 is 0 Å². The highest BCUT2D eigenvalue weighted by Crippen LogP contribution is 2.40. The topological polar surface area (TPSA) is 52.3 Å². The van der Waals surface area contributed by atoms with Gasteiger partial charge in [0.2, 0.25) is 0 Å². The molecule has 1 N–H and O–H groups in total. The Balaban J connectivity index is 1.34. The molecule has 0 amide bonds. The maximum atomic E-state index is 10.7. The van der Waals surface area contributed by atoms with Gasteiger partial charge in [0.25, 0.3) is 0 Å². The van der Waals surface area contributed by atoms with Crippen LogP contribution in [0.5, 0.6) is 0 Å². The first-order valence-electron chi connectivity index (χ1n) is 10.9. The van der Waals surface area contributed by atoms with E-state index in [4.69, 9.17) is 9.15 Å². The van der Waals surface area contributed by atoms with E-state index >= 15 is 0 Å². The van der Waals surface area contributed by atoms with Crippen LogP contribution in [-0.4, -0.2) is 90.5 Å². The summed E-state index contributed by atoms with van der Waals surface area (Å²) in [5.41, 5.74) is 1.64. The summed E-state index contributed by atoms with van der Waals surface area (Å²) in [5.74, 6) is 0. The zero-order valence-electron chi connectivity index (χ0n) is 17.6. The second kappa shape index (κ2) is 8.44. The number of hydrogen-bond acceptors (Lipinski definition) is 6. The summed E-state index contributed by atoms with van der Waals surface area (Å²) in [5, 5.41) is 10.7. The van der Waals surface area contributed by atoms with Crippen molar-refractivity contribution in [3.63, 3.8) is 0 Å². The highest BCUT2D eigenvalue weighted by atomic mass is 16.5. The summed E-state index contributed by atoms with van der Waals surface area (Å²) in [6, 6.07) is 2.06. The highest BCUT2D eigenvalue weighted by molar-refractivity contribution is 5.06. The molecule has 3 aliphatic rings. The van der Waals surface area contributed by atoms with Gasteiger partial charge in [-0.15, -0.1) is 0 Å². The van der Waals surface area contributed by atoms with Gasteiger partial charge in [0.15, 0.2) is 0 Å². The maximum Gasteiger partial charge on any atom is 0.0947 e. The number of ether oxygens (including phenoxy) is 1. The van der Waals surface area contributed by atoms with E-state index in [1.54, 1.807) is 6.26 Å². The minimum atomic E-state index is -0.199. The fourth-order valence-electron chi connectivity index (χ4n) is 5.59. The first kappa shape index (κ1) is 20.4. The third-order valence-corrected chi connectivity index (χ3v) is 7.08. The van der Waals surface area contributed by atoms with Crippen molar-refractivity contribution in [3.05, 3.63) is 24.2 Å². The largest absolute Gasteiger partial charge is 0.472 e. The number of likely N-dealkylation sites (tertiary alicyclic amines) is 2. The molecule has 3 fully saturated rings. The standard InChI is InChI=1S/C22H37N3O3/c1-21(2,25-8-11-27-12-9-25)17-24-15-20(26)13-22(18-24)4-6-23(7-5-22)14-19-3-10-28-16-19/h3,10,16,20,26H,4-9,11-15,17-18H2,1-2H3. The van der Waals surface area contributed by atoms with Crippen LogP contribution in [0.1, 0.15) is 38.7 Å². The molecule has 1 spiro atoms. The number of hydrogen-bond donors (Lipinski definition) is 1. The first-order chi connectivity index (χ1) is 13.4. The van der Waals surface area contributed by atoms with Gasteiger partial charge in [-0.1, -0.05) is 0 Å². The van der Waals surface area contributed by atoms with Crippen molar-refractivity contribution in [3.8, 4) is 0 Å². The molecule has 1 atom stereocenters. The molecule has 0 saturated carbocycles. The van der Waals surface area contributed by atoms with Crippen LogP contribution in [0.3, 0.4) is 0 Å². The zero-order chi connectivity index (χ0) is 19.6. The number of rotatable bonds is 5. The number of β-amino-alcohol motifs (C(OH)–C–C–N with tert-alkyl or cyclic N) is 1. The van der Waals surface area contributed by atoms with Gasteiger partial charge < -0.3 is 14.3 Å². The van der Waals surface area contributed by atoms with Crippen molar-refractivity contribution in [2.24, 2.45) is 5.41 Å². The van der Waals surface area contributed by atoms with E-state index in [0.717, 1.165) is 72.0 Å². The van der Waals surface area contributed by atoms with Crippen molar-refractivity contribution in [2.75, 3.05) is 59.0 Å². The number of nitrogens with zero attached hydrogens (tertiary/aromatic N) is 3. The molecule has 0 aromatic carbocycles. The molecule has 4 heterocycles. The molecular weight excluding hydrogens is 354 g/mol. The van der Waals surface area contributed by atoms with Crippen molar-refractivity contribution < 1.29 is 14.3 Å². The summed E-state index contributed by atoms with van der Waals surface area (Å²) < 4.78 is 10.7. The quantitative estimate of drug-likeness (QED) is 0.829. The number of morpholine rings is 1. The third kappa shape index (κ3) is 4.79. The summed E-state index contributed by atoms with van der Waals surface area (Å²) >= 11 is 0. The molecule has 28 heavy (non-hydrogen) atoms. The molecule has 3 aliphatic heterocycles. The molecule has 0 bridgehead atoms. The van der Waals surface area contributed by atoms with Crippen LogP contribution in [0.2, 0.25) is 0 Å². The maximum absolute atomic E-state index is 10.7. The molecule has 6 nitrogen and oxygen atoms in total. The summed E-state index contributed by atoms with van der Waals surface area (Å²) in [4.78, 5) is 7.62. The van der Waals surface area contributed by atoms with E-state index in [2.05, 4.69) is 34.6 Å². The minimum absolute atomic E-state index is 0.115. The Morgan fingerprint density at radius 1 is 1.14 bits per heavy atom. The molecule has 1 aromatic heterocycles. The Hall–Kier alpha value is -0.920. The van der Waals surface area contributed by atoms with Crippen molar-refractivity contribution >= 4 is 0 Å². The fourth-order valence-corrected chi connectivity index (χ4v) is 5.59. The van der Waals surface area contributed by atoms with Crippen molar-refractivity contribution in [2.45, 2.75) is 51.3 Å². The molecule has 1 aromatic rings. The van der Waals surface area contributed by atoms with Crippen molar-refractivity contribution in [1.29, 1.82) is 0 Å². The first-order valence-corrected chi connectivity index (χ1v) is 10.9. The minimum Gasteiger partial charge on any atom is -0.472 e. The number of furan rings is 1. The summed E-state index contributed by atoms with van der Waals surface area (Å²) in [6.45, 7) is 14.5. The van der Waals surface area contributed by atoms with E-state index in [-0.39, 0.29) is 17.1 Å². The molecule has 3 saturated heterocycles. The second-order valence-corrected chi connectivity index (χ2v) is 9.85. The predicted molar refractivity (Wildman–Crippen MR) is 109 cm³/mol. The lowest BCUT2D eigenvalue weighted by atomic mass is 9.71. The second-order valence-electron chi connectivity index (χ2n) is 9.85. The average Bonchev–Trinajstić information content (AvgIpc) is 3.17. The van der Waals surface area contributed by atoms with Crippen LogP contribution in [0, 0.1) is 5.41 Å². The average molecular weight is 392 g/mol. The Morgan fingerprint density at radius 2 is 1.89 bits per heavy atom.